The summed E-state index contributed by atoms with van der Waals surface area (Å²) in [7, 11) is 0. The summed E-state index contributed by atoms with van der Waals surface area (Å²) in [5.41, 5.74) is 1.50. The predicted molar refractivity (Wildman–Crippen MR) is 59.7 cm³/mol. The number of carbonyl (C=O) groups excluding carboxylic acids is 1. The van der Waals surface area contributed by atoms with Crippen LogP contribution in [0.2, 0.25) is 0 Å². The Bertz CT molecular complexity index is 302. The van der Waals surface area contributed by atoms with Crippen LogP contribution >= 0.6 is 0 Å². The minimum absolute atomic E-state index is 0.0869. The van der Waals surface area contributed by atoms with Crippen molar-refractivity contribution in [3.8, 4) is 0 Å². The second-order valence-electron chi connectivity index (χ2n) is 4.39. The molecule has 2 nitrogen and oxygen atoms in total. The quantitative estimate of drug-likeness (QED) is 0.649. The first-order valence-corrected chi connectivity index (χ1v) is 5.81. The molecule has 2 aliphatic rings. The zero-order chi connectivity index (χ0) is 10.7. The summed E-state index contributed by atoms with van der Waals surface area (Å²) in [5.74, 6) is 0.0869. The maximum Gasteiger partial charge on any atom is 0.183 e. The van der Waals surface area contributed by atoms with E-state index in [-0.39, 0.29) is 18.0 Å². The highest BCUT2D eigenvalue weighted by Gasteiger charge is 2.21. The molecule has 0 saturated carbocycles. The van der Waals surface area contributed by atoms with Crippen LogP contribution in [0, 0.1) is 0 Å². The molecule has 0 fully saturated rings. The summed E-state index contributed by atoms with van der Waals surface area (Å²) >= 11 is 0. The third-order valence-electron chi connectivity index (χ3n) is 3.10. The summed E-state index contributed by atoms with van der Waals surface area (Å²) in [5, 5.41) is 0. The maximum absolute atomic E-state index is 11.2. The summed E-state index contributed by atoms with van der Waals surface area (Å²) in [6, 6.07) is 0. The molecule has 0 amide bonds. The van der Waals surface area contributed by atoms with E-state index in [1.165, 1.54) is 31.3 Å². The fourth-order valence-corrected chi connectivity index (χ4v) is 2.18. The van der Waals surface area contributed by atoms with Gasteiger partial charge in [0.1, 0.15) is 6.10 Å². The van der Waals surface area contributed by atoms with Gasteiger partial charge in [-0.2, -0.15) is 0 Å². The zero-order valence-electron chi connectivity index (χ0n) is 9.24. The summed E-state index contributed by atoms with van der Waals surface area (Å²) in [4.78, 5) is 11.2. The van der Waals surface area contributed by atoms with Crippen LogP contribution in [0.5, 0.6) is 0 Å². The molecule has 0 spiro atoms. The van der Waals surface area contributed by atoms with Gasteiger partial charge in [0.2, 0.25) is 0 Å². The van der Waals surface area contributed by atoms with E-state index in [4.69, 9.17) is 4.74 Å². The van der Waals surface area contributed by atoms with Crippen molar-refractivity contribution in [3.05, 3.63) is 23.8 Å². The average Bonchev–Trinajstić information content (AvgIpc) is 2.25. The number of hydrogen-bond acceptors (Lipinski definition) is 2. The molecule has 2 heteroatoms. The van der Waals surface area contributed by atoms with E-state index in [9.17, 15) is 4.79 Å². The SMILES string of the molecule is C[C@H]1O[C@@H](CC2=CCCCC2)C=CC1=O. The topological polar surface area (TPSA) is 26.3 Å². The van der Waals surface area contributed by atoms with Crippen LogP contribution in [0.3, 0.4) is 0 Å². The van der Waals surface area contributed by atoms with Gasteiger partial charge in [-0.05, 0) is 45.1 Å². The minimum atomic E-state index is -0.260. The molecule has 2 rings (SSSR count). The summed E-state index contributed by atoms with van der Waals surface area (Å²) < 4.78 is 5.62. The van der Waals surface area contributed by atoms with Gasteiger partial charge in [-0.1, -0.05) is 17.7 Å². The van der Waals surface area contributed by atoms with E-state index in [0.29, 0.717) is 0 Å². The number of carbonyl (C=O) groups is 1. The van der Waals surface area contributed by atoms with Crippen LogP contribution in [-0.2, 0) is 9.53 Å². The van der Waals surface area contributed by atoms with Crippen molar-refractivity contribution in [2.24, 2.45) is 0 Å². The van der Waals surface area contributed by atoms with Crippen molar-refractivity contribution < 1.29 is 9.53 Å². The van der Waals surface area contributed by atoms with Crippen LogP contribution < -0.4 is 0 Å². The van der Waals surface area contributed by atoms with E-state index < -0.39 is 0 Å². The zero-order valence-corrected chi connectivity index (χ0v) is 9.24. The number of allylic oxidation sites excluding steroid dienone is 1. The Kier molecular flexibility index (Phi) is 3.37. The van der Waals surface area contributed by atoms with E-state index in [1.54, 1.807) is 6.08 Å². The van der Waals surface area contributed by atoms with Crippen LogP contribution in [0.4, 0.5) is 0 Å². The minimum Gasteiger partial charge on any atom is -0.363 e. The van der Waals surface area contributed by atoms with E-state index >= 15 is 0 Å². The Morgan fingerprint density at radius 1 is 1.47 bits per heavy atom. The van der Waals surface area contributed by atoms with Gasteiger partial charge in [0, 0.05) is 0 Å². The van der Waals surface area contributed by atoms with Crippen molar-refractivity contribution in [3.63, 3.8) is 0 Å². The molecule has 82 valence electrons. The van der Waals surface area contributed by atoms with Gasteiger partial charge in [-0.3, -0.25) is 4.79 Å². The first-order valence-electron chi connectivity index (χ1n) is 5.81. The van der Waals surface area contributed by atoms with Crippen molar-refractivity contribution in [2.75, 3.05) is 0 Å². The Morgan fingerprint density at radius 3 is 3.00 bits per heavy atom. The first-order chi connectivity index (χ1) is 7.25. The lowest BCUT2D eigenvalue weighted by molar-refractivity contribution is -0.128. The molecule has 2 atom stereocenters. The third-order valence-corrected chi connectivity index (χ3v) is 3.10. The first kappa shape index (κ1) is 10.6. The molecule has 0 N–H and O–H groups in total. The molecular formula is C13H18O2. The van der Waals surface area contributed by atoms with Crippen LogP contribution in [-0.4, -0.2) is 18.0 Å². The van der Waals surface area contributed by atoms with Crippen molar-refractivity contribution in [1.29, 1.82) is 0 Å². The maximum atomic E-state index is 11.2. The fraction of sp³-hybridized carbons (Fsp3) is 0.615. The van der Waals surface area contributed by atoms with Crippen LogP contribution in [0.1, 0.15) is 39.0 Å². The second-order valence-corrected chi connectivity index (χ2v) is 4.39. The third kappa shape index (κ3) is 2.78. The molecule has 0 saturated heterocycles. The lowest BCUT2D eigenvalue weighted by Crippen LogP contribution is -2.29. The van der Waals surface area contributed by atoms with Gasteiger partial charge in [-0.25, -0.2) is 0 Å². The lowest BCUT2D eigenvalue weighted by atomic mass is 9.94. The van der Waals surface area contributed by atoms with Gasteiger partial charge >= 0.3 is 0 Å². The molecule has 0 aromatic rings. The number of hydrogen-bond donors (Lipinski definition) is 0. The van der Waals surface area contributed by atoms with Crippen molar-refractivity contribution in [2.45, 2.75) is 51.2 Å². The molecular weight excluding hydrogens is 188 g/mol. The molecule has 0 aromatic carbocycles. The fourth-order valence-electron chi connectivity index (χ4n) is 2.18. The molecule has 0 radical (unpaired) electrons. The largest absolute Gasteiger partial charge is 0.363 e. The second kappa shape index (κ2) is 4.75. The van der Waals surface area contributed by atoms with Gasteiger partial charge < -0.3 is 4.74 Å². The molecule has 1 aliphatic heterocycles. The van der Waals surface area contributed by atoms with Crippen molar-refractivity contribution >= 4 is 5.78 Å². The molecule has 1 aliphatic carbocycles. The Hall–Kier alpha value is -0.890. The van der Waals surface area contributed by atoms with Gasteiger partial charge in [-0.15, -0.1) is 0 Å². The Balaban J connectivity index is 1.92. The summed E-state index contributed by atoms with van der Waals surface area (Å²) in [6.45, 7) is 1.83. The molecule has 15 heavy (non-hydrogen) atoms. The predicted octanol–water partition coefficient (Wildman–Crippen LogP) is 2.79. The number of ketones is 1. The number of rotatable bonds is 2. The van der Waals surface area contributed by atoms with E-state index in [1.807, 2.05) is 13.0 Å². The highest BCUT2D eigenvalue weighted by Crippen LogP contribution is 2.24. The monoisotopic (exact) mass is 206 g/mol. The average molecular weight is 206 g/mol. The van der Waals surface area contributed by atoms with Crippen molar-refractivity contribution in [1.82, 2.24) is 0 Å². The van der Waals surface area contributed by atoms with Crippen LogP contribution in [0.15, 0.2) is 23.8 Å². The Morgan fingerprint density at radius 2 is 2.33 bits per heavy atom. The van der Waals surface area contributed by atoms with E-state index in [2.05, 4.69) is 6.08 Å². The normalized spacial score (nSPS) is 31.5. The van der Waals surface area contributed by atoms with E-state index in [0.717, 1.165) is 6.42 Å². The smallest absolute Gasteiger partial charge is 0.183 e. The molecule has 1 heterocycles. The summed E-state index contributed by atoms with van der Waals surface area (Å²) in [6.07, 6.45) is 11.8. The highest BCUT2D eigenvalue weighted by atomic mass is 16.5. The van der Waals surface area contributed by atoms with Gasteiger partial charge in [0.05, 0.1) is 6.10 Å². The number of ether oxygens (including phenoxy) is 1. The highest BCUT2D eigenvalue weighted by molar-refractivity contribution is 5.93. The molecule has 0 aromatic heterocycles. The Labute approximate surface area is 91.0 Å². The standard InChI is InChI=1S/C13H18O2/c1-10-13(14)8-7-12(15-10)9-11-5-3-2-4-6-11/h5,7-8,10,12H,2-4,6,9H2,1H3/t10-,12-/m1/s1. The van der Waals surface area contributed by atoms with Crippen LogP contribution in [0.25, 0.3) is 0 Å². The molecule has 0 bridgehead atoms. The van der Waals surface area contributed by atoms with Gasteiger partial charge in [0.25, 0.3) is 0 Å². The molecule has 0 unspecified atom stereocenters. The van der Waals surface area contributed by atoms with Gasteiger partial charge in [0.15, 0.2) is 5.78 Å². The lowest BCUT2D eigenvalue weighted by Gasteiger charge is -2.24.